The lowest BCUT2D eigenvalue weighted by Crippen LogP contribution is -2.08. The highest BCUT2D eigenvalue weighted by atomic mass is 35.5. The summed E-state index contributed by atoms with van der Waals surface area (Å²) in [5.41, 5.74) is -0.687. The zero-order valence-corrected chi connectivity index (χ0v) is 9.61. The molecule has 0 fully saturated rings. The summed E-state index contributed by atoms with van der Waals surface area (Å²) in [4.78, 5) is 0. The topological polar surface area (TPSA) is 0 Å². The molecular formula is C13H6ClF4. The lowest BCUT2D eigenvalue weighted by atomic mass is 10.0. The smallest absolute Gasteiger partial charge is 0.206 e. The summed E-state index contributed by atoms with van der Waals surface area (Å²) in [5.74, 6) is -1.30. The Kier molecular flexibility index (Phi) is 3.30. The summed E-state index contributed by atoms with van der Waals surface area (Å²) in [7, 11) is 0. The van der Waals surface area contributed by atoms with E-state index in [9.17, 15) is 17.6 Å². The van der Waals surface area contributed by atoms with Crippen molar-refractivity contribution in [3.8, 4) is 11.1 Å². The number of hydrogen-bond acceptors (Lipinski definition) is 0. The fraction of sp³-hybridized carbons (Fsp3) is 0.0769. The van der Waals surface area contributed by atoms with E-state index < -0.39 is 17.6 Å². The average molecular weight is 274 g/mol. The van der Waals surface area contributed by atoms with E-state index in [1.807, 2.05) is 0 Å². The van der Waals surface area contributed by atoms with Gasteiger partial charge in [-0.25, -0.2) is 4.39 Å². The van der Waals surface area contributed by atoms with Gasteiger partial charge in [0.05, 0.1) is 5.56 Å². The molecule has 0 nitrogen and oxygen atoms in total. The van der Waals surface area contributed by atoms with E-state index in [0.29, 0.717) is 5.56 Å². The van der Waals surface area contributed by atoms with Gasteiger partial charge in [-0.1, -0.05) is 29.8 Å². The first-order valence-corrected chi connectivity index (χ1v) is 5.30. The SMILES string of the molecule is Fc1ccc(-c2cc[c]cc2Cl)cc1C(F)(F)F. The minimum absolute atomic E-state index is 0.211. The van der Waals surface area contributed by atoms with Crippen LogP contribution in [0.4, 0.5) is 17.6 Å². The average Bonchev–Trinajstić information content (AvgIpc) is 2.29. The first-order chi connectivity index (χ1) is 8.39. The highest BCUT2D eigenvalue weighted by molar-refractivity contribution is 6.33. The van der Waals surface area contributed by atoms with Crippen molar-refractivity contribution >= 4 is 11.6 Å². The quantitative estimate of drug-likeness (QED) is 0.644. The molecule has 1 radical (unpaired) electrons. The molecule has 2 aromatic carbocycles. The van der Waals surface area contributed by atoms with Gasteiger partial charge in [0.1, 0.15) is 5.82 Å². The summed E-state index contributed by atoms with van der Waals surface area (Å²) in [6, 6.07) is 9.97. The highest BCUT2D eigenvalue weighted by Gasteiger charge is 2.34. The van der Waals surface area contributed by atoms with E-state index >= 15 is 0 Å². The summed E-state index contributed by atoms with van der Waals surface area (Å²) in [5, 5.41) is 0.261. The zero-order valence-electron chi connectivity index (χ0n) is 8.85. The van der Waals surface area contributed by atoms with Crippen molar-refractivity contribution in [3.63, 3.8) is 0 Å². The molecule has 0 amide bonds. The van der Waals surface area contributed by atoms with Gasteiger partial charge < -0.3 is 0 Å². The predicted molar refractivity (Wildman–Crippen MR) is 60.7 cm³/mol. The Bertz CT molecular complexity index is 575. The Morgan fingerprint density at radius 1 is 1.11 bits per heavy atom. The molecule has 0 aliphatic heterocycles. The molecule has 5 heteroatoms. The Hall–Kier alpha value is -1.55. The van der Waals surface area contributed by atoms with Crippen LogP contribution in [0, 0.1) is 11.9 Å². The molecule has 0 aliphatic rings. The minimum atomic E-state index is -4.73. The summed E-state index contributed by atoms with van der Waals surface area (Å²) in [6.45, 7) is 0. The molecule has 0 saturated carbocycles. The van der Waals surface area contributed by atoms with Gasteiger partial charge in [0.2, 0.25) is 0 Å². The van der Waals surface area contributed by atoms with Crippen LogP contribution in [0.2, 0.25) is 5.02 Å². The molecular weight excluding hydrogens is 268 g/mol. The monoisotopic (exact) mass is 273 g/mol. The molecule has 0 atom stereocenters. The second-order valence-electron chi connectivity index (χ2n) is 3.60. The highest BCUT2D eigenvalue weighted by Crippen LogP contribution is 2.35. The summed E-state index contributed by atoms with van der Waals surface area (Å²) >= 11 is 5.86. The van der Waals surface area contributed by atoms with Gasteiger partial charge in [-0.3, -0.25) is 0 Å². The van der Waals surface area contributed by atoms with Crippen LogP contribution in [0.1, 0.15) is 5.56 Å². The van der Waals surface area contributed by atoms with Crippen LogP contribution in [0.15, 0.2) is 36.4 Å². The van der Waals surface area contributed by atoms with E-state index in [-0.39, 0.29) is 10.6 Å². The van der Waals surface area contributed by atoms with Crippen LogP contribution in [0.3, 0.4) is 0 Å². The second kappa shape index (κ2) is 4.61. The molecule has 0 spiro atoms. The van der Waals surface area contributed by atoms with Gasteiger partial charge in [0, 0.05) is 10.6 Å². The van der Waals surface area contributed by atoms with E-state index in [4.69, 9.17) is 11.6 Å². The molecule has 93 valence electrons. The Morgan fingerprint density at radius 2 is 1.83 bits per heavy atom. The lowest BCUT2D eigenvalue weighted by Gasteiger charge is -2.11. The van der Waals surface area contributed by atoms with Gasteiger partial charge in [-0.15, -0.1) is 0 Å². The third-order valence-electron chi connectivity index (χ3n) is 2.40. The molecule has 0 unspecified atom stereocenters. The normalized spacial score (nSPS) is 11.6. The van der Waals surface area contributed by atoms with Crippen molar-refractivity contribution in [3.05, 3.63) is 58.9 Å². The van der Waals surface area contributed by atoms with Crippen molar-refractivity contribution in [2.24, 2.45) is 0 Å². The third-order valence-corrected chi connectivity index (χ3v) is 2.71. The molecule has 0 aromatic heterocycles. The zero-order chi connectivity index (χ0) is 13.3. The standard InChI is InChI=1S/C13H6ClF4/c14-11-4-2-1-3-9(11)8-5-6-12(15)10(7-8)13(16,17)18/h1,3-7H. The number of alkyl halides is 3. The van der Waals surface area contributed by atoms with Crippen molar-refractivity contribution in [1.82, 2.24) is 0 Å². The van der Waals surface area contributed by atoms with E-state index in [0.717, 1.165) is 12.1 Å². The first kappa shape index (κ1) is 12.9. The fourth-order valence-electron chi connectivity index (χ4n) is 1.55. The Balaban J connectivity index is 2.58. The van der Waals surface area contributed by atoms with Gasteiger partial charge in [-0.05, 0) is 29.8 Å². The molecule has 0 saturated heterocycles. The Labute approximate surface area is 106 Å². The van der Waals surface area contributed by atoms with Crippen molar-refractivity contribution < 1.29 is 17.6 Å². The van der Waals surface area contributed by atoms with Gasteiger partial charge in [0.25, 0.3) is 0 Å². The molecule has 2 rings (SSSR count). The van der Waals surface area contributed by atoms with Gasteiger partial charge in [0.15, 0.2) is 0 Å². The Morgan fingerprint density at radius 3 is 2.44 bits per heavy atom. The van der Waals surface area contributed by atoms with E-state index in [1.165, 1.54) is 24.3 Å². The van der Waals surface area contributed by atoms with Crippen LogP contribution < -0.4 is 0 Å². The van der Waals surface area contributed by atoms with Crippen molar-refractivity contribution in [1.29, 1.82) is 0 Å². The van der Waals surface area contributed by atoms with E-state index in [1.54, 1.807) is 0 Å². The fourth-order valence-corrected chi connectivity index (χ4v) is 1.79. The first-order valence-electron chi connectivity index (χ1n) is 4.92. The van der Waals surface area contributed by atoms with Crippen LogP contribution >= 0.6 is 11.6 Å². The number of halogens is 5. The van der Waals surface area contributed by atoms with Crippen molar-refractivity contribution in [2.75, 3.05) is 0 Å². The maximum atomic E-state index is 13.1. The predicted octanol–water partition coefficient (Wildman–Crippen LogP) is 4.97. The molecule has 2 aromatic rings. The van der Waals surface area contributed by atoms with Crippen molar-refractivity contribution in [2.45, 2.75) is 6.18 Å². The summed E-state index contributed by atoms with van der Waals surface area (Å²) < 4.78 is 50.8. The van der Waals surface area contributed by atoms with Crippen LogP contribution in [0.5, 0.6) is 0 Å². The molecule has 0 bridgehead atoms. The number of benzene rings is 2. The largest absolute Gasteiger partial charge is 0.419 e. The number of rotatable bonds is 1. The van der Waals surface area contributed by atoms with Crippen LogP contribution in [-0.2, 0) is 6.18 Å². The van der Waals surface area contributed by atoms with Crippen LogP contribution in [-0.4, -0.2) is 0 Å². The molecule has 0 aliphatic carbocycles. The minimum Gasteiger partial charge on any atom is -0.206 e. The van der Waals surface area contributed by atoms with Crippen LogP contribution in [0.25, 0.3) is 11.1 Å². The van der Waals surface area contributed by atoms with Gasteiger partial charge >= 0.3 is 6.18 Å². The third kappa shape index (κ3) is 2.48. The maximum absolute atomic E-state index is 13.1. The lowest BCUT2D eigenvalue weighted by molar-refractivity contribution is -0.139. The van der Waals surface area contributed by atoms with Gasteiger partial charge in [-0.2, -0.15) is 13.2 Å². The second-order valence-corrected chi connectivity index (χ2v) is 4.01. The van der Waals surface area contributed by atoms with E-state index in [2.05, 4.69) is 6.07 Å². The summed E-state index contributed by atoms with van der Waals surface area (Å²) in [6.07, 6.45) is -4.73. The maximum Gasteiger partial charge on any atom is 0.419 e. The molecule has 0 N–H and O–H groups in total. The molecule has 18 heavy (non-hydrogen) atoms. The molecule has 0 heterocycles. The number of hydrogen-bond donors (Lipinski definition) is 0.